The Hall–Kier alpha value is -1.75. The van der Waals surface area contributed by atoms with E-state index in [1.807, 2.05) is 0 Å². The lowest BCUT2D eigenvalue weighted by Gasteiger charge is -2.18. The van der Waals surface area contributed by atoms with E-state index in [9.17, 15) is 4.79 Å². The quantitative estimate of drug-likeness (QED) is 0.800. The van der Waals surface area contributed by atoms with Gasteiger partial charge in [-0.1, -0.05) is 0 Å². The van der Waals surface area contributed by atoms with Gasteiger partial charge >= 0.3 is 0 Å². The number of hydrogen-bond donors (Lipinski definition) is 0. The van der Waals surface area contributed by atoms with E-state index in [2.05, 4.69) is 15.9 Å². The second-order valence-corrected chi connectivity index (χ2v) is 4.57. The van der Waals surface area contributed by atoms with Gasteiger partial charge in [-0.05, 0) is 46.3 Å². The van der Waals surface area contributed by atoms with Crippen LogP contribution in [0.15, 0.2) is 39.4 Å². The van der Waals surface area contributed by atoms with E-state index in [4.69, 9.17) is 13.9 Å². The van der Waals surface area contributed by atoms with Crippen LogP contribution in [0.4, 0.5) is 0 Å². The van der Waals surface area contributed by atoms with Crippen molar-refractivity contribution in [3.05, 3.63) is 46.3 Å². The molecule has 0 fully saturated rings. The molecule has 0 aliphatic carbocycles. The lowest BCUT2D eigenvalue weighted by atomic mass is 10.1. The molecule has 1 aliphatic rings. The third-order valence-electron chi connectivity index (χ3n) is 2.60. The van der Waals surface area contributed by atoms with Gasteiger partial charge in [-0.3, -0.25) is 4.79 Å². The van der Waals surface area contributed by atoms with Gasteiger partial charge in [0.25, 0.3) is 0 Å². The number of ether oxygens (including phenoxy) is 2. The van der Waals surface area contributed by atoms with Gasteiger partial charge in [-0.2, -0.15) is 0 Å². The van der Waals surface area contributed by atoms with Gasteiger partial charge in [0.15, 0.2) is 21.9 Å². The first-order chi connectivity index (χ1) is 8.74. The Morgan fingerprint density at radius 1 is 1.06 bits per heavy atom. The number of halogens is 1. The van der Waals surface area contributed by atoms with Crippen molar-refractivity contribution < 1.29 is 18.7 Å². The maximum atomic E-state index is 12.1. The molecule has 5 heteroatoms. The van der Waals surface area contributed by atoms with E-state index < -0.39 is 0 Å². The van der Waals surface area contributed by atoms with Crippen LogP contribution in [0.2, 0.25) is 0 Å². The van der Waals surface area contributed by atoms with Crippen molar-refractivity contribution in [1.82, 2.24) is 0 Å². The van der Waals surface area contributed by atoms with Gasteiger partial charge in [0.05, 0.1) is 0 Å². The number of carbonyl (C=O) groups is 1. The maximum Gasteiger partial charge on any atom is 0.228 e. The molecule has 2 heterocycles. The largest absolute Gasteiger partial charge is 0.486 e. The van der Waals surface area contributed by atoms with Crippen LogP contribution in [0.5, 0.6) is 11.5 Å². The van der Waals surface area contributed by atoms with E-state index >= 15 is 0 Å². The molecule has 0 saturated carbocycles. The second-order valence-electron chi connectivity index (χ2n) is 3.79. The predicted octanol–water partition coefficient (Wildman–Crippen LogP) is 3.04. The van der Waals surface area contributed by atoms with Crippen LogP contribution >= 0.6 is 15.9 Å². The summed E-state index contributed by atoms with van der Waals surface area (Å²) in [6.07, 6.45) is 0. The normalized spacial score (nSPS) is 13.4. The van der Waals surface area contributed by atoms with Gasteiger partial charge in [0.1, 0.15) is 13.2 Å². The molecule has 0 saturated heterocycles. The summed E-state index contributed by atoms with van der Waals surface area (Å²) in [5, 5.41) is 0. The van der Waals surface area contributed by atoms with E-state index in [1.54, 1.807) is 30.3 Å². The molecule has 1 aliphatic heterocycles. The fourth-order valence-corrected chi connectivity index (χ4v) is 2.07. The number of benzene rings is 1. The van der Waals surface area contributed by atoms with Gasteiger partial charge < -0.3 is 13.9 Å². The number of furan rings is 1. The number of carbonyl (C=O) groups excluding carboxylic acids is 1. The highest BCUT2D eigenvalue weighted by Gasteiger charge is 2.18. The SMILES string of the molecule is O=C(c1ccc2c(c1)OCCO2)c1ccc(Br)o1. The highest BCUT2D eigenvalue weighted by Crippen LogP contribution is 2.31. The zero-order chi connectivity index (χ0) is 12.5. The molecule has 0 unspecified atom stereocenters. The standard InChI is InChI=1S/C13H9BrO4/c14-12-4-3-10(18-12)13(15)8-1-2-9-11(7-8)17-6-5-16-9/h1-4,7H,5-6H2. The lowest BCUT2D eigenvalue weighted by Crippen LogP contribution is -2.15. The fraction of sp³-hybridized carbons (Fsp3) is 0.154. The summed E-state index contributed by atoms with van der Waals surface area (Å²) in [7, 11) is 0. The molecule has 0 amide bonds. The van der Waals surface area contributed by atoms with Crippen molar-refractivity contribution in [3.8, 4) is 11.5 Å². The molecule has 0 N–H and O–H groups in total. The summed E-state index contributed by atoms with van der Waals surface area (Å²) >= 11 is 3.17. The smallest absolute Gasteiger partial charge is 0.228 e. The van der Waals surface area contributed by atoms with Gasteiger partial charge in [-0.15, -0.1) is 0 Å². The Labute approximate surface area is 112 Å². The molecule has 1 aromatic carbocycles. The number of fused-ring (bicyclic) bond motifs is 1. The van der Waals surface area contributed by atoms with Crippen molar-refractivity contribution >= 4 is 21.7 Å². The van der Waals surface area contributed by atoms with Crippen molar-refractivity contribution in [2.45, 2.75) is 0 Å². The topological polar surface area (TPSA) is 48.7 Å². The van der Waals surface area contributed by atoms with Crippen LogP contribution in [0.3, 0.4) is 0 Å². The van der Waals surface area contributed by atoms with Crippen LogP contribution in [0, 0.1) is 0 Å². The molecule has 0 bridgehead atoms. The van der Waals surface area contributed by atoms with Crippen molar-refractivity contribution in [2.75, 3.05) is 13.2 Å². The summed E-state index contributed by atoms with van der Waals surface area (Å²) < 4.78 is 16.6. The summed E-state index contributed by atoms with van der Waals surface area (Å²) in [6, 6.07) is 8.42. The first kappa shape index (κ1) is 11.3. The van der Waals surface area contributed by atoms with Gasteiger partial charge in [-0.25, -0.2) is 0 Å². The molecule has 0 radical (unpaired) electrons. The predicted molar refractivity (Wildman–Crippen MR) is 67.3 cm³/mol. The highest BCUT2D eigenvalue weighted by molar-refractivity contribution is 9.10. The lowest BCUT2D eigenvalue weighted by molar-refractivity contribution is 0.101. The minimum Gasteiger partial charge on any atom is -0.486 e. The second kappa shape index (κ2) is 4.49. The molecule has 4 nitrogen and oxygen atoms in total. The summed E-state index contributed by atoms with van der Waals surface area (Å²) in [5.41, 5.74) is 0.515. The molecule has 0 spiro atoms. The van der Waals surface area contributed by atoms with Gasteiger partial charge in [0, 0.05) is 5.56 Å². The number of rotatable bonds is 2. The fourth-order valence-electron chi connectivity index (χ4n) is 1.76. The molecule has 2 aromatic rings. The van der Waals surface area contributed by atoms with Gasteiger partial charge in [0.2, 0.25) is 5.78 Å². The van der Waals surface area contributed by atoms with Crippen LogP contribution in [-0.4, -0.2) is 19.0 Å². The Morgan fingerprint density at radius 2 is 1.83 bits per heavy atom. The monoisotopic (exact) mass is 308 g/mol. The summed E-state index contributed by atoms with van der Waals surface area (Å²) in [5.74, 6) is 1.37. The Balaban J connectivity index is 1.95. The number of hydrogen-bond acceptors (Lipinski definition) is 4. The first-order valence-corrected chi connectivity index (χ1v) is 6.23. The van der Waals surface area contributed by atoms with E-state index in [-0.39, 0.29) is 5.78 Å². The number of ketones is 1. The summed E-state index contributed by atoms with van der Waals surface area (Å²) in [6.45, 7) is 1.03. The van der Waals surface area contributed by atoms with Crippen molar-refractivity contribution in [3.63, 3.8) is 0 Å². The molecule has 1 aromatic heterocycles. The first-order valence-electron chi connectivity index (χ1n) is 5.44. The molecular formula is C13H9BrO4. The Kier molecular flexibility index (Phi) is 2.83. The maximum absolute atomic E-state index is 12.1. The van der Waals surface area contributed by atoms with Crippen LogP contribution in [-0.2, 0) is 0 Å². The van der Waals surface area contributed by atoms with Crippen molar-refractivity contribution in [1.29, 1.82) is 0 Å². The third kappa shape index (κ3) is 2.01. The third-order valence-corrected chi connectivity index (χ3v) is 3.03. The zero-order valence-corrected chi connectivity index (χ0v) is 10.9. The van der Waals surface area contributed by atoms with E-state index in [0.717, 1.165) is 0 Å². The minimum absolute atomic E-state index is 0.183. The molecule has 0 atom stereocenters. The summed E-state index contributed by atoms with van der Waals surface area (Å²) in [4.78, 5) is 12.1. The van der Waals surface area contributed by atoms with Crippen LogP contribution in [0.1, 0.15) is 16.1 Å². The van der Waals surface area contributed by atoms with E-state index in [1.165, 1.54) is 0 Å². The average molecular weight is 309 g/mol. The minimum atomic E-state index is -0.183. The van der Waals surface area contributed by atoms with Crippen LogP contribution in [0.25, 0.3) is 0 Å². The van der Waals surface area contributed by atoms with Crippen molar-refractivity contribution in [2.24, 2.45) is 0 Å². The molecule has 3 rings (SSSR count). The molecular weight excluding hydrogens is 300 g/mol. The Morgan fingerprint density at radius 3 is 2.56 bits per heavy atom. The average Bonchev–Trinajstić information content (AvgIpc) is 2.84. The molecule has 92 valence electrons. The highest BCUT2D eigenvalue weighted by atomic mass is 79.9. The van der Waals surface area contributed by atoms with E-state index in [0.29, 0.717) is 40.7 Å². The van der Waals surface area contributed by atoms with Crippen LogP contribution < -0.4 is 9.47 Å². The Bertz CT molecular complexity index is 603. The zero-order valence-electron chi connectivity index (χ0n) is 9.31. The molecule has 18 heavy (non-hydrogen) atoms.